The molecule has 6 heteroatoms. The highest BCUT2D eigenvalue weighted by Gasteiger charge is 2.18. The van der Waals surface area contributed by atoms with Gasteiger partial charge in [0.25, 0.3) is 0 Å². The van der Waals surface area contributed by atoms with E-state index in [1.54, 1.807) is 0 Å². The fourth-order valence-corrected chi connectivity index (χ4v) is 1.60. The number of carboxylic acid groups (broad SMARTS) is 1. The normalized spacial score (nSPS) is 10.3. The molecule has 19 heavy (non-hydrogen) atoms. The summed E-state index contributed by atoms with van der Waals surface area (Å²) in [6.07, 6.45) is 1.05. The van der Waals surface area contributed by atoms with Crippen LogP contribution in [-0.4, -0.2) is 46.9 Å². The molecule has 110 valence electrons. The number of carbonyl (C=O) groups is 3. The van der Waals surface area contributed by atoms with Crippen molar-refractivity contribution in [1.82, 2.24) is 10.2 Å². The Morgan fingerprint density at radius 3 is 2.26 bits per heavy atom. The molecule has 0 rings (SSSR count). The quantitative estimate of drug-likeness (QED) is 0.655. The molecule has 0 atom stereocenters. The van der Waals surface area contributed by atoms with E-state index in [4.69, 9.17) is 5.11 Å². The summed E-state index contributed by atoms with van der Waals surface area (Å²) in [5.41, 5.74) is 0. The molecule has 0 radical (unpaired) electrons. The van der Waals surface area contributed by atoms with E-state index in [9.17, 15) is 14.4 Å². The minimum Gasteiger partial charge on any atom is -0.481 e. The molecule has 0 aliphatic rings. The Labute approximate surface area is 114 Å². The summed E-state index contributed by atoms with van der Waals surface area (Å²) >= 11 is 0. The highest BCUT2D eigenvalue weighted by molar-refractivity contribution is 5.84. The van der Waals surface area contributed by atoms with Crippen LogP contribution in [0.4, 0.5) is 0 Å². The lowest BCUT2D eigenvalue weighted by molar-refractivity contribution is -0.139. The van der Waals surface area contributed by atoms with Gasteiger partial charge in [-0.2, -0.15) is 0 Å². The third-order valence-electron chi connectivity index (χ3n) is 2.65. The van der Waals surface area contributed by atoms with Gasteiger partial charge in [0, 0.05) is 32.0 Å². The van der Waals surface area contributed by atoms with E-state index >= 15 is 0 Å². The van der Waals surface area contributed by atoms with Crippen molar-refractivity contribution in [2.75, 3.05) is 13.1 Å². The number of nitrogens with zero attached hydrogens (tertiary/aromatic N) is 1. The van der Waals surface area contributed by atoms with Gasteiger partial charge in [0.1, 0.15) is 0 Å². The summed E-state index contributed by atoms with van der Waals surface area (Å²) in [6, 6.07) is -0.0643. The topological polar surface area (TPSA) is 86.7 Å². The summed E-state index contributed by atoms with van der Waals surface area (Å²) in [6.45, 7) is 6.41. The second-order valence-electron chi connectivity index (χ2n) is 4.67. The maximum atomic E-state index is 11.9. The maximum Gasteiger partial charge on any atom is 0.305 e. The molecule has 0 spiro atoms. The number of nitrogens with one attached hydrogen (secondary N) is 1. The largest absolute Gasteiger partial charge is 0.481 e. The zero-order valence-corrected chi connectivity index (χ0v) is 11.9. The van der Waals surface area contributed by atoms with Crippen LogP contribution < -0.4 is 5.32 Å². The summed E-state index contributed by atoms with van der Waals surface area (Å²) in [7, 11) is 0. The zero-order chi connectivity index (χ0) is 14.8. The molecule has 0 aromatic carbocycles. The lowest BCUT2D eigenvalue weighted by Gasteiger charge is -2.26. The molecule has 0 aliphatic heterocycles. The third kappa shape index (κ3) is 8.18. The number of hydrogen-bond acceptors (Lipinski definition) is 3. The van der Waals surface area contributed by atoms with Crippen molar-refractivity contribution in [1.29, 1.82) is 0 Å². The van der Waals surface area contributed by atoms with E-state index in [-0.39, 0.29) is 43.7 Å². The lowest BCUT2D eigenvalue weighted by atomic mass is 10.2. The highest BCUT2D eigenvalue weighted by atomic mass is 16.4. The van der Waals surface area contributed by atoms with Gasteiger partial charge < -0.3 is 15.3 Å². The second kappa shape index (κ2) is 9.35. The number of hydrogen-bond donors (Lipinski definition) is 2. The molecular weight excluding hydrogens is 248 g/mol. The fourth-order valence-electron chi connectivity index (χ4n) is 1.60. The van der Waals surface area contributed by atoms with Gasteiger partial charge >= 0.3 is 5.97 Å². The Bertz CT molecular complexity index is 316. The van der Waals surface area contributed by atoms with Crippen LogP contribution in [0, 0.1) is 0 Å². The van der Waals surface area contributed by atoms with Crippen LogP contribution in [0.3, 0.4) is 0 Å². The predicted molar refractivity (Wildman–Crippen MR) is 71.6 cm³/mol. The molecule has 2 N–H and O–H groups in total. The Kier molecular flexibility index (Phi) is 8.57. The van der Waals surface area contributed by atoms with Gasteiger partial charge in [0.05, 0.1) is 6.42 Å². The molecule has 0 aliphatic carbocycles. The van der Waals surface area contributed by atoms with Crippen molar-refractivity contribution in [3.05, 3.63) is 0 Å². The Morgan fingerprint density at radius 2 is 1.79 bits per heavy atom. The van der Waals surface area contributed by atoms with E-state index in [0.717, 1.165) is 6.42 Å². The number of carbonyl (C=O) groups excluding carboxylic acids is 2. The highest BCUT2D eigenvalue weighted by Crippen LogP contribution is 2.05. The van der Waals surface area contributed by atoms with Crippen molar-refractivity contribution >= 4 is 17.8 Å². The van der Waals surface area contributed by atoms with E-state index in [0.29, 0.717) is 6.54 Å². The van der Waals surface area contributed by atoms with Crippen molar-refractivity contribution in [3.63, 3.8) is 0 Å². The second-order valence-corrected chi connectivity index (χ2v) is 4.67. The van der Waals surface area contributed by atoms with E-state index in [1.165, 1.54) is 4.90 Å². The standard InChI is InChI=1S/C13H24N2O4/c1-4-8-14-11(16)5-6-12(17)15(10(2)3)9-7-13(18)19/h10H,4-9H2,1-3H3,(H,14,16)(H,18,19). The van der Waals surface area contributed by atoms with Gasteiger partial charge in [-0.05, 0) is 20.3 Å². The molecule has 0 fully saturated rings. The van der Waals surface area contributed by atoms with Crippen LogP contribution in [-0.2, 0) is 14.4 Å². The van der Waals surface area contributed by atoms with Crippen LogP contribution in [0.1, 0.15) is 46.5 Å². The number of carboxylic acids is 1. The fraction of sp³-hybridized carbons (Fsp3) is 0.769. The average Bonchev–Trinajstić information content (AvgIpc) is 2.33. The van der Waals surface area contributed by atoms with Crippen LogP contribution in [0.5, 0.6) is 0 Å². The number of rotatable bonds is 9. The van der Waals surface area contributed by atoms with Crippen LogP contribution >= 0.6 is 0 Å². The van der Waals surface area contributed by atoms with E-state index < -0.39 is 5.97 Å². The van der Waals surface area contributed by atoms with Crippen molar-refractivity contribution in [3.8, 4) is 0 Å². The van der Waals surface area contributed by atoms with Gasteiger partial charge in [-0.3, -0.25) is 14.4 Å². The summed E-state index contributed by atoms with van der Waals surface area (Å²) in [5, 5.41) is 11.3. The minimum atomic E-state index is -0.931. The molecule has 0 aromatic rings. The smallest absolute Gasteiger partial charge is 0.305 e. The van der Waals surface area contributed by atoms with Crippen LogP contribution in [0.15, 0.2) is 0 Å². The third-order valence-corrected chi connectivity index (χ3v) is 2.65. The monoisotopic (exact) mass is 272 g/mol. The van der Waals surface area contributed by atoms with Gasteiger partial charge in [-0.1, -0.05) is 6.92 Å². The molecular formula is C13H24N2O4. The molecule has 6 nitrogen and oxygen atoms in total. The number of amides is 2. The van der Waals surface area contributed by atoms with Gasteiger partial charge in [0.15, 0.2) is 0 Å². The summed E-state index contributed by atoms with van der Waals surface area (Å²) in [5.74, 6) is -1.25. The maximum absolute atomic E-state index is 11.9. The predicted octanol–water partition coefficient (Wildman–Crippen LogP) is 1.00. The molecule has 0 bridgehead atoms. The van der Waals surface area contributed by atoms with Gasteiger partial charge in [-0.15, -0.1) is 0 Å². The van der Waals surface area contributed by atoms with Crippen LogP contribution in [0.25, 0.3) is 0 Å². The first-order valence-corrected chi connectivity index (χ1v) is 6.66. The molecule has 2 amide bonds. The first-order chi connectivity index (χ1) is 8.88. The Balaban J connectivity index is 4.18. The zero-order valence-electron chi connectivity index (χ0n) is 11.9. The molecule has 0 unspecified atom stereocenters. The van der Waals surface area contributed by atoms with E-state index in [2.05, 4.69) is 5.32 Å². The Hall–Kier alpha value is -1.59. The van der Waals surface area contributed by atoms with E-state index in [1.807, 2.05) is 20.8 Å². The van der Waals surface area contributed by atoms with Gasteiger partial charge in [0.2, 0.25) is 11.8 Å². The molecule has 0 aromatic heterocycles. The molecule has 0 saturated heterocycles. The Morgan fingerprint density at radius 1 is 1.16 bits per heavy atom. The van der Waals surface area contributed by atoms with Gasteiger partial charge in [-0.25, -0.2) is 0 Å². The first kappa shape index (κ1) is 17.4. The molecule has 0 heterocycles. The SMILES string of the molecule is CCCNC(=O)CCC(=O)N(CCC(=O)O)C(C)C. The average molecular weight is 272 g/mol. The van der Waals surface area contributed by atoms with Crippen LogP contribution in [0.2, 0.25) is 0 Å². The molecule has 0 saturated carbocycles. The van der Waals surface area contributed by atoms with Crippen molar-refractivity contribution < 1.29 is 19.5 Å². The summed E-state index contributed by atoms with van der Waals surface area (Å²) < 4.78 is 0. The number of aliphatic carboxylic acids is 1. The van der Waals surface area contributed by atoms with Crippen molar-refractivity contribution in [2.24, 2.45) is 0 Å². The van der Waals surface area contributed by atoms with Crippen molar-refractivity contribution in [2.45, 2.75) is 52.5 Å². The minimum absolute atomic E-state index is 0.0643. The lowest BCUT2D eigenvalue weighted by Crippen LogP contribution is -2.39. The first-order valence-electron chi connectivity index (χ1n) is 6.66. The summed E-state index contributed by atoms with van der Waals surface area (Å²) in [4.78, 5) is 35.3.